The van der Waals surface area contributed by atoms with Crippen LogP contribution in [0.1, 0.15) is 11.1 Å². The molecule has 106 valence electrons. The highest BCUT2D eigenvalue weighted by molar-refractivity contribution is 5.76. The van der Waals surface area contributed by atoms with Crippen LogP contribution < -0.4 is 10.3 Å². The summed E-state index contributed by atoms with van der Waals surface area (Å²) in [6.45, 7) is 1.80. The van der Waals surface area contributed by atoms with Crippen molar-refractivity contribution in [3.8, 4) is 6.01 Å². The molecule has 2 aromatic heterocycles. The fourth-order valence-electron chi connectivity index (χ4n) is 1.99. The Bertz CT molecular complexity index is 861. The van der Waals surface area contributed by atoms with E-state index in [1.54, 1.807) is 25.1 Å². The second-order valence-corrected chi connectivity index (χ2v) is 4.58. The van der Waals surface area contributed by atoms with E-state index >= 15 is 0 Å². The van der Waals surface area contributed by atoms with Gasteiger partial charge < -0.3 is 4.74 Å². The number of nitrogens with one attached hydrogen (secondary N) is 1. The van der Waals surface area contributed by atoms with E-state index in [2.05, 4.69) is 15.0 Å². The van der Waals surface area contributed by atoms with E-state index in [1.807, 2.05) is 0 Å². The van der Waals surface area contributed by atoms with Crippen molar-refractivity contribution in [2.45, 2.75) is 13.5 Å². The van der Waals surface area contributed by atoms with Crippen LogP contribution in [0.4, 0.5) is 4.39 Å². The van der Waals surface area contributed by atoms with Crippen LogP contribution in [-0.2, 0) is 6.61 Å². The molecule has 6 heteroatoms. The monoisotopic (exact) mass is 285 g/mol. The number of H-pyrrole nitrogens is 1. The SMILES string of the molecule is Cc1c(F)cccc1COc1nc2cnccc2c(=O)[nH]1. The first-order valence-corrected chi connectivity index (χ1v) is 6.36. The third-order valence-electron chi connectivity index (χ3n) is 3.23. The van der Waals surface area contributed by atoms with Gasteiger partial charge in [-0.1, -0.05) is 12.1 Å². The van der Waals surface area contributed by atoms with Gasteiger partial charge in [0, 0.05) is 6.20 Å². The zero-order valence-corrected chi connectivity index (χ0v) is 11.3. The Morgan fingerprint density at radius 2 is 2.19 bits per heavy atom. The molecule has 0 amide bonds. The molecule has 0 aliphatic heterocycles. The lowest BCUT2D eigenvalue weighted by atomic mass is 10.1. The van der Waals surface area contributed by atoms with Crippen LogP contribution in [0.25, 0.3) is 10.9 Å². The van der Waals surface area contributed by atoms with E-state index in [0.29, 0.717) is 22.0 Å². The van der Waals surface area contributed by atoms with Gasteiger partial charge in [0.15, 0.2) is 0 Å². The molecule has 0 aliphatic carbocycles. The highest BCUT2D eigenvalue weighted by atomic mass is 19.1. The molecule has 0 atom stereocenters. The van der Waals surface area contributed by atoms with Crippen molar-refractivity contribution in [2.75, 3.05) is 0 Å². The zero-order chi connectivity index (χ0) is 14.8. The first-order chi connectivity index (χ1) is 10.1. The predicted octanol–water partition coefficient (Wildman–Crippen LogP) is 2.34. The lowest BCUT2D eigenvalue weighted by Gasteiger charge is -2.08. The Balaban J connectivity index is 1.89. The highest BCUT2D eigenvalue weighted by Gasteiger charge is 2.07. The maximum Gasteiger partial charge on any atom is 0.297 e. The molecular formula is C15H12FN3O2. The van der Waals surface area contributed by atoms with Gasteiger partial charge in [-0.25, -0.2) is 4.39 Å². The number of nitrogens with zero attached hydrogens (tertiary/aromatic N) is 2. The molecule has 21 heavy (non-hydrogen) atoms. The van der Waals surface area contributed by atoms with E-state index in [9.17, 15) is 9.18 Å². The fraction of sp³-hybridized carbons (Fsp3) is 0.133. The predicted molar refractivity (Wildman–Crippen MR) is 75.6 cm³/mol. The molecule has 2 heterocycles. The summed E-state index contributed by atoms with van der Waals surface area (Å²) in [5.41, 5.74) is 1.37. The molecule has 0 saturated heterocycles. The van der Waals surface area contributed by atoms with Crippen molar-refractivity contribution < 1.29 is 9.13 Å². The van der Waals surface area contributed by atoms with E-state index in [-0.39, 0.29) is 24.0 Å². The quantitative estimate of drug-likeness (QED) is 0.802. The fourth-order valence-corrected chi connectivity index (χ4v) is 1.99. The molecule has 0 unspecified atom stereocenters. The average molecular weight is 285 g/mol. The normalized spacial score (nSPS) is 10.8. The number of rotatable bonds is 3. The van der Waals surface area contributed by atoms with Gasteiger partial charge in [0.05, 0.1) is 17.1 Å². The average Bonchev–Trinajstić information content (AvgIpc) is 2.49. The van der Waals surface area contributed by atoms with Crippen LogP contribution in [0.2, 0.25) is 0 Å². The Hall–Kier alpha value is -2.76. The maximum absolute atomic E-state index is 13.4. The number of ether oxygens (including phenoxy) is 1. The van der Waals surface area contributed by atoms with Crippen molar-refractivity contribution in [3.63, 3.8) is 0 Å². The minimum Gasteiger partial charge on any atom is -0.460 e. The molecule has 0 spiro atoms. The summed E-state index contributed by atoms with van der Waals surface area (Å²) >= 11 is 0. The molecule has 3 aromatic rings. The topological polar surface area (TPSA) is 67.9 Å². The maximum atomic E-state index is 13.4. The standard InChI is InChI=1S/C15H12FN3O2/c1-9-10(3-2-4-12(9)16)8-21-15-18-13-7-17-6-5-11(13)14(20)19-15/h2-7H,8H2,1H3,(H,18,19,20). The summed E-state index contributed by atoms with van der Waals surface area (Å²) in [6.07, 6.45) is 3.01. The van der Waals surface area contributed by atoms with Gasteiger partial charge in [-0.3, -0.25) is 14.8 Å². The first kappa shape index (κ1) is 13.2. The van der Waals surface area contributed by atoms with Crippen molar-refractivity contribution in [3.05, 3.63) is 64.0 Å². The Morgan fingerprint density at radius 3 is 3.05 bits per heavy atom. The van der Waals surface area contributed by atoms with Gasteiger partial charge in [-0.05, 0) is 30.2 Å². The Kier molecular flexibility index (Phi) is 3.35. The van der Waals surface area contributed by atoms with Crippen LogP contribution in [0.3, 0.4) is 0 Å². The lowest BCUT2D eigenvalue weighted by Crippen LogP contribution is -2.11. The summed E-state index contributed by atoms with van der Waals surface area (Å²) < 4.78 is 18.9. The number of benzene rings is 1. The summed E-state index contributed by atoms with van der Waals surface area (Å²) in [4.78, 5) is 22.5. The summed E-state index contributed by atoms with van der Waals surface area (Å²) in [7, 11) is 0. The molecule has 5 nitrogen and oxygen atoms in total. The van der Waals surface area contributed by atoms with E-state index in [4.69, 9.17) is 4.74 Å². The van der Waals surface area contributed by atoms with Crippen molar-refractivity contribution in [2.24, 2.45) is 0 Å². The minimum atomic E-state index is -0.298. The van der Waals surface area contributed by atoms with Gasteiger partial charge in [-0.2, -0.15) is 4.98 Å². The van der Waals surface area contributed by atoms with Gasteiger partial charge in [0.2, 0.25) is 0 Å². The number of hydrogen-bond donors (Lipinski definition) is 1. The highest BCUT2D eigenvalue weighted by Crippen LogP contribution is 2.14. The van der Waals surface area contributed by atoms with Crippen LogP contribution in [0.15, 0.2) is 41.5 Å². The second-order valence-electron chi connectivity index (χ2n) is 4.58. The van der Waals surface area contributed by atoms with Crippen molar-refractivity contribution in [1.82, 2.24) is 15.0 Å². The van der Waals surface area contributed by atoms with Crippen LogP contribution in [-0.4, -0.2) is 15.0 Å². The Morgan fingerprint density at radius 1 is 1.33 bits per heavy atom. The number of fused-ring (bicyclic) bond motifs is 1. The molecule has 0 fully saturated rings. The first-order valence-electron chi connectivity index (χ1n) is 6.36. The van der Waals surface area contributed by atoms with Crippen LogP contribution in [0.5, 0.6) is 6.01 Å². The van der Waals surface area contributed by atoms with Gasteiger partial charge in [0.25, 0.3) is 11.6 Å². The zero-order valence-electron chi connectivity index (χ0n) is 11.3. The summed E-state index contributed by atoms with van der Waals surface area (Å²) in [6, 6.07) is 6.44. The van der Waals surface area contributed by atoms with Crippen LogP contribution >= 0.6 is 0 Å². The summed E-state index contributed by atoms with van der Waals surface area (Å²) in [5, 5.41) is 0.444. The number of pyridine rings is 1. The van der Waals surface area contributed by atoms with E-state index in [1.165, 1.54) is 18.5 Å². The minimum absolute atomic E-state index is 0.0872. The number of aromatic nitrogens is 3. The molecule has 1 N–H and O–H groups in total. The van der Waals surface area contributed by atoms with Crippen molar-refractivity contribution in [1.29, 1.82) is 0 Å². The third-order valence-corrected chi connectivity index (χ3v) is 3.23. The van der Waals surface area contributed by atoms with Gasteiger partial charge in [-0.15, -0.1) is 0 Å². The number of hydrogen-bond acceptors (Lipinski definition) is 4. The molecule has 1 aromatic carbocycles. The third kappa shape index (κ3) is 2.60. The van der Waals surface area contributed by atoms with Gasteiger partial charge in [0.1, 0.15) is 12.4 Å². The van der Waals surface area contributed by atoms with Gasteiger partial charge >= 0.3 is 0 Å². The largest absolute Gasteiger partial charge is 0.460 e. The van der Waals surface area contributed by atoms with Crippen LogP contribution in [0, 0.1) is 12.7 Å². The van der Waals surface area contributed by atoms with E-state index in [0.717, 1.165) is 0 Å². The molecule has 0 saturated carbocycles. The Labute approximate surface area is 119 Å². The number of halogens is 1. The lowest BCUT2D eigenvalue weighted by molar-refractivity contribution is 0.280. The molecule has 3 rings (SSSR count). The number of aromatic amines is 1. The van der Waals surface area contributed by atoms with E-state index < -0.39 is 0 Å². The smallest absolute Gasteiger partial charge is 0.297 e. The molecule has 0 aliphatic rings. The molecular weight excluding hydrogens is 273 g/mol. The second kappa shape index (κ2) is 5.32. The summed E-state index contributed by atoms with van der Waals surface area (Å²) in [5.74, 6) is -0.291. The molecule has 0 bridgehead atoms. The molecule has 0 radical (unpaired) electrons. The van der Waals surface area contributed by atoms with Crippen molar-refractivity contribution >= 4 is 10.9 Å².